The Morgan fingerprint density at radius 1 is 1.14 bits per heavy atom. The number of Topliss-reactive ketones (excluding diaryl/α,β-unsaturated/α-hetero) is 1. The summed E-state index contributed by atoms with van der Waals surface area (Å²) in [7, 11) is -3.31. The van der Waals surface area contributed by atoms with E-state index in [9.17, 15) is 13.2 Å². The number of benzene rings is 1. The van der Waals surface area contributed by atoms with Gasteiger partial charge >= 0.3 is 0 Å². The van der Waals surface area contributed by atoms with Crippen LogP contribution in [-0.4, -0.2) is 50.0 Å². The van der Waals surface area contributed by atoms with Gasteiger partial charge in [0.1, 0.15) is 0 Å². The van der Waals surface area contributed by atoms with Crippen LogP contribution in [-0.2, 0) is 16.4 Å². The Kier molecular flexibility index (Phi) is 10.1. The lowest BCUT2D eigenvalue weighted by Gasteiger charge is -2.31. The number of sulfonamides is 1. The molecule has 160 valence electrons. The number of rotatable bonds is 7. The summed E-state index contributed by atoms with van der Waals surface area (Å²) in [5.41, 5.74) is 2.35. The highest BCUT2D eigenvalue weighted by molar-refractivity contribution is 7.92. The summed E-state index contributed by atoms with van der Waals surface area (Å²) >= 11 is 0. The quantitative estimate of drug-likeness (QED) is 0.641. The van der Waals surface area contributed by atoms with E-state index in [2.05, 4.69) is 20.7 Å². The molecule has 1 aromatic heterocycles. The van der Waals surface area contributed by atoms with Gasteiger partial charge in [0.2, 0.25) is 10.0 Å². The molecule has 0 spiro atoms. The molecule has 0 unspecified atom stereocenters. The van der Waals surface area contributed by atoms with Crippen LogP contribution in [0, 0.1) is 5.92 Å². The van der Waals surface area contributed by atoms with Crippen molar-refractivity contribution in [3.05, 3.63) is 59.9 Å². The number of hydrogen-bond donors (Lipinski definition) is 1. The highest BCUT2D eigenvalue weighted by atomic mass is 35.5. The molecular formula is C20H27Cl2N3O3S. The number of nitrogens with zero attached hydrogens (tertiary/aromatic N) is 2. The molecule has 2 aromatic rings. The molecule has 0 atom stereocenters. The molecule has 1 aromatic carbocycles. The van der Waals surface area contributed by atoms with E-state index in [0.717, 1.165) is 45.2 Å². The predicted octanol–water partition coefficient (Wildman–Crippen LogP) is 3.43. The lowest BCUT2D eigenvalue weighted by molar-refractivity contribution is 0.0841. The average molecular weight is 460 g/mol. The van der Waals surface area contributed by atoms with Crippen molar-refractivity contribution in [1.29, 1.82) is 0 Å². The number of aromatic nitrogens is 1. The number of ketones is 1. The lowest BCUT2D eigenvalue weighted by atomic mass is 9.88. The SMILES string of the molecule is CS(=O)(=O)Nc1ccc(C(=O)C2CCN(CCc3cccnc3)CC2)cc1.Cl.Cl. The van der Waals surface area contributed by atoms with Crippen molar-refractivity contribution in [2.24, 2.45) is 5.92 Å². The third-order valence-electron chi connectivity index (χ3n) is 4.87. The fourth-order valence-corrected chi connectivity index (χ4v) is 3.97. The Morgan fingerprint density at radius 3 is 2.34 bits per heavy atom. The average Bonchev–Trinajstić information content (AvgIpc) is 2.66. The standard InChI is InChI=1S/C20H25N3O3S.2ClH/c1-27(25,26)22-19-6-4-17(5-7-19)20(24)18-9-13-23(14-10-18)12-8-16-3-2-11-21-15-16;;/h2-7,11,15,18,22H,8-10,12-14H2,1H3;2*1H. The van der Waals surface area contributed by atoms with Crippen LogP contribution in [0.15, 0.2) is 48.8 Å². The fourth-order valence-electron chi connectivity index (χ4n) is 3.40. The van der Waals surface area contributed by atoms with Gasteiger partial charge in [-0.05, 0) is 68.2 Å². The molecule has 1 fully saturated rings. The zero-order valence-corrected chi connectivity index (χ0v) is 18.7. The molecule has 1 aliphatic rings. The molecule has 0 aliphatic carbocycles. The lowest BCUT2D eigenvalue weighted by Crippen LogP contribution is -2.37. The van der Waals surface area contributed by atoms with Crippen molar-refractivity contribution in [2.75, 3.05) is 30.6 Å². The number of likely N-dealkylation sites (tertiary alicyclic amines) is 1. The molecule has 0 saturated carbocycles. The van der Waals surface area contributed by atoms with Crippen molar-refractivity contribution in [3.8, 4) is 0 Å². The van der Waals surface area contributed by atoms with E-state index in [4.69, 9.17) is 0 Å². The Labute approximate surface area is 185 Å². The van der Waals surface area contributed by atoms with Gasteiger partial charge in [-0.1, -0.05) is 6.07 Å². The Hall–Kier alpha value is -1.67. The molecule has 1 aliphatic heterocycles. The van der Waals surface area contributed by atoms with E-state index in [1.807, 2.05) is 12.3 Å². The second-order valence-electron chi connectivity index (χ2n) is 7.04. The molecule has 1 N–H and O–H groups in total. The summed E-state index contributed by atoms with van der Waals surface area (Å²) in [6, 6.07) is 10.7. The van der Waals surface area contributed by atoms with Gasteiger partial charge in [0.15, 0.2) is 5.78 Å². The first-order chi connectivity index (χ1) is 12.9. The van der Waals surface area contributed by atoms with E-state index in [1.165, 1.54) is 5.56 Å². The highest BCUT2D eigenvalue weighted by Gasteiger charge is 2.25. The fraction of sp³-hybridized carbons (Fsp3) is 0.400. The summed E-state index contributed by atoms with van der Waals surface area (Å²) < 4.78 is 24.9. The van der Waals surface area contributed by atoms with E-state index in [-0.39, 0.29) is 36.5 Å². The van der Waals surface area contributed by atoms with Crippen LogP contribution in [0.25, 0.3) is 0 Å². The summed E-state index contributed by atoms with van der Waals surface area (Å²) in [6.07, 6.45) is 7.47. The maximum Gasteiger partial charge on any atom is 0.229 e. The van der Waals surface area contributed by atoms with Gasteiger partial charge in [-0.25, -0.2) is 8.42 Å². The molecule has 0 radical (unpaired) electrons. The van der Waals surface area contributed by atoms with Gasteiger partial charge in [-0.3, -0.25) is 14.5 Å². The van der Waals surface area contributed by atoms with Crippen LogP contribution in [0.4, 0.5) is 5.69 Å². The van der Waals surface area contributed by atoms with Gasteiger partial charge in [0.05, 0.1) is 6.26 Å². The van der Waals surface area contributed by atoms with Crippen molar-refractivity contribution < 1.29 is 13.2 Å². The minimum atomic E-state index is -3.31. The predicted molar refractivity (Wildman–Crippen MR) is 121 cm³/mol. The molecule has 0 amide bonds. The van der Waals surface area contributed by atoms with Gasteiger partial charge < -0.3 is 4.90 Å². The molecule has 6 nitrogen and oxygen atoms in total. The summed E-state index contributed by atoms with van der Waals surface area (Å²) in [4.78, 5) is 19.3. The van der Waals surface area contributed by atoms with Crippen molar-refractivity contribution in [3.63, 3.8) is 0 Å². The first-order valence-corrected chi connectivity index (χ1v) is 11.0. The number of hydrogen-bond acceptors (Lipinski definition) is 5. The molecule has 3 rings (SSSR count). The molecule has 2 heterocycles. The normalized spacial score (nSPS) is 15.1. The van der Waals surface area contributed by atoms with Crippen LogP contribution in [0.1, 0.15) is 28.8 Å². The van der Waals surface area contributed by atoms with Crippen LogP contribution >= 0.6 is 24.8 Å². The molecule has 0 bridgehead atoms. The molecule has 1 saturated heterocycles. The largest absolute Gasteiger partial charge is 0.303 e. The number of piperidine rings is 1. The van der Waals surface area contributed by atoms with Crippen LogP contribution in [0.3, 0.4) is 0 Å². The Balaban J connectivity index is 0.00000210. The third-order valence-corrected chi connectivity index (χ3v) is 5.48. The van der Waals surface area contributed by atoms with Gasteiger partial charge in [-0.15, -0.1) is 24.8 Å². The number of pyridine rings is 1. The zero-order chi connectivity index (χ0) is 19.3. The van der Waals surface area contributed by atoms with Crippen molar-refractivity contribution in [1.82, 2.24) is 9.88 Å². The van der Waals surface area contributed by atoms with Crippen LogP contribution in [0.2, 0.25) is 0 Å². The maximum atomic E-state index is 12.7. The summed E-state index contributed by atoms with van der Waals surface area (Å²) in [6.45, 7) is 2.83. The number of anilines is 1. The minimum Gasteiger partial charge on any atom is -0.303 e. The monoisotopic (exact) mass is 459 g/mol. The zero-order valence-electron chi connectivity index (χ0n) is 16.3. The number of nitrogens with one attached hydrogen (secondary N) is 1. The summed E-state index contributed by atoms with van der Waals surface area (Å²) in [5, 5.41) is 0. The Bertz CT molecular complexity index is 870. The first kappa shape index (κ1) is 25.4. The first-order valence-electron chi connectivity index (χ1n) is 9.14. The smallest absolute Gasteiger partial charge is 0.229 e. The third kappa shape index (κ3) is 7.93. The number of halogens is 2. The van der Waals surface area contributed by atoms with E-state index >= 15 is 0 Å². The van der Waals surface area contributed by atoms with Crippen LogP contribution in [0.5, 0.6) is 0 Å². The molecule has 9 heteroatoms. The van der Waals surface area contributed by atoms with Gasteiger partial charge in [0, 0.05) is 36.1 Å². The topological polar surface area (TPSA) is 79.4 Å². The van der Waals surface area contributed by atoms with Gasteiger partial charge in [0.25, 0.3) is 0 Å². The van der Waals surface area contributed by atoms with Crippen molar-refractivity contribution in [2.45, 2.75) is 19.3 Å². The Morgan fingerprint density at radius 2 is 1.79 bits per heavy atom. The van der Waals surface area contributed by atoms with E-state index in [1.54, 1.807) is 30.5 Å². The molecular weight excluding hydrogens is 433 g/mol. The number of carbonyl (C=O) groups excluding carboxylic acids is 1. The van der Waals surface area contributed by atoms with Crippen molar-refractivity contribution >= 4 is 46.3 Å². The summed E-state index contributed by atoms with van der Waals surface area (Å²) in [5.74, 6) is 0.182. The van der Waals surface area contributed by atoms with Gasteiger partial charge in [-0.2, -0.15) is 0 Å². The van der Waals surface area contributed by atoms with E-state index in [0.29, 0.717) is 11.3 Å². The highest BCUT2D eigenvalue weighted by Crippen LogP contribution is 2.23. The number of carbonyl (C=O) groups is 1. The second kappa shape index (κ2) is 11.5. The maximum absolute atomic E-state index is 12.7. The van der Waals surface area contributed by atoms with Crippen LogP contribution < -0.4 is 4.72 Å². The molecule has 29 heavy (non-hydrogen) atoms. The minimum absolute atomic E-state index is 0. The van der Waals surface area contributed by atoms with E-state index < -0.39 is 10.0 Å². The second-order valence-corrected chi connectivity index (χ2v) is 8.79.